The van der Waals surface area contributed by atoms with Crippen molar-refractivity contribution in [3.05, 3.63) is 16.1 Å². The molecular formula is C17H29F3IN5S. The molecule has 2 heterocycles. The lowest BCUT2D eigenvalue weighted by atomic mass is 10.1. The van der Waals surface area contributed by atoms with Crippen molar-refractivity contribution in [3.8, 4) is 0 Å². The summed E-state index contributed by atoms with van der Waals surface area (Å²) in [5.74, 6) is 0.896. The normalized spacial score (nSPS) is 18.4. The Balaban J connectivity index is 0.00000364. The number of alkyl halides is 3. The predicted molar refractivity (Wildman–Crippen MR) is 115 cm³/mol. The minimum atomic E-state index is -4.12. The van der Waals surface area contributed by atoms with E-state index in [2.05, 4.69) is 27.5 Å². The molecule has 1 aliphatic rings. The van der Waals surface area contributed by atoms with Gasteiger partial charge in [-0.25, -0.2) is 4.98 Å². The molecule has 1 aromatic heterocycles. The van der Waals surface area contributed by atoms with Crippen LogP contribution in [0.2, 0.25) is 0 Å². The molecule has 2 rings (SSSR count). The molecule has 0 radical (unpaired) electrons. The quantitative estimate of drug-likeness (QED) is 0.315. The number of hydrogen-bond acceptors (Lipinski definition) is 4. The molecule has 0 bridgehead atoms. The smallest absolute Gasteiger partial charge is 0.357 e. The van der Waals surface area contributed by atoms with Crippen molar-refractivity contribution in [1.82, 2.24) is 20.5 Å². The van der Waals surface area contributed by atoms with Crippen LogP contribution < -0.4 is 10.6 Å². The fraction of sp³-hybridized carbons (Fsp3) is 0.765. The van der Waals surface area contributed by atoms with Gasteiger partial charge in [0, 0.05) is 43.7 Å². The van der Waals surface area contributed by atoms with Crippen LogP contribution in [0.1, 0.15) is 30.2 Å². The first kappa shape index (κ1) is 24.4. The fourth-order valence-electron chi connectivity index (χ4n) is 2.94. The maximum absolute atomic E-state index is 12.5. The summed E-state index contributed by atoms with van der Waals surface area (Å²) in [6, 6.07) is 0. The third-order valence-electron chi connectivity index (χ3n) is 4.21. The first-order valence-corrected chi connectivity index (χ1v) is 9.96. The zero-order valence-corrected chi connectivity index (χ0v) is 19.0. The van der Waals surface area contributed by atoms with Crippen LogP contribution in [0.15, 0.2) is 11.2 Å². The molecule has 1 aliphatic heterocycles. The van der Waals surface area contributed by atoms with E-state index < -0.39 is 12.7 Å². The number of hydrogen-bond donors (Lipinski definition) is 2. The molecule has 1 aromatic rings. The molecular weight excluding hydrogens is 490 g/mol. The SMILES string of the molecule is CCNC(=NCC1CCN(CC(F)(F)F)C1)NCCc1ncc(CC)s1.I. The van der Waals surface area contributed by atoms with Crippen molar-refractivity contribution in [2.75, 3.05) is 39.3 Å². The number of nitrogens with one attached hydrogen (secondary N) is 2. The minimum absolute atomic E-state index is 0. The summed E-state index contributed by atoms with van der Waals surface area (Å²) in [4.78, 5) is 11.7. The Hall–Kier alpha value is -0.620. The summed E-state index contributed by atoms with van der Waals surface area (Å²) in [7, 11) is 0. The molecule has 0 spiro atoms. The molecule has 0 saturated carbocycles. The largest absolute Gasteiger partial charge is 0.401 e. The number of halogens is 4. The van der Waals surface area contributed by atoms with Crippen LogP contribution in [0, 0.1) is 5.92 Å². The summed E-state index contributed by atoms with van der Waals surface area (Å²) < 4.78 is 37.4. The second kappa shape index (κ2) is 12.1. The maximum Gasteiger partial charge on any atom is 0.401 e. The van der Waals surface area contributed by atoms with Crippen LogP contribution in [0.4, 0.5) is 13.2 Å². The molecule has 1 saturated heterocycles. The monoisotopic (exact) mass is 519 g/mol. The van der Waals surface area contributed by atoms with E-state index in [0.29, 0.717) is 25.6 Å². The fourth-order valence-corrected chi connectivity index (χ4v) is 3.80. The molecule has 1 unspecified atom stereocenters. The van der Waals surface area contributed by atoms with Gasteiger partial charge in [-0.15, -0.1) is 35.3 Å². The minimum Gasteiger partial charge on any atom is -0.357 e. The van der Waals surface area contributed by atoms with Gasteiger partial charge in [-0.05, 0) is 32.2 Å². The number of aliphatic imine (C=N–C) groups is 1. The summed E-state index contributed by atoms with van der Waals surface area (Å²) in [5, 5.41) is 7.57. The van der Waals surface area contributed by atoms with Crippen molar-refractivity contribution >= 4 is 41.3 Å². The van der Waals surface area contributed by atoms with Gasteiger partial charge in [-0.2, -0.15) is 13.2 Å². The first-order valence-electron chi connectivity index (χ1n) is 9.14. The molecule has 0 aliphatic carbocycles. The van der Waals surface area contributed by atoms with Gasteiger partial charge in [0.05, 0.1) is 11.6 Å². The lowest BCUT2D eigenvalue weighted by Gasteiger charge is -2.17. The number of rotatable bonds is 8. The van der Waals surface area contributed by atoms with Crippen LogP contribution in [0.5, 0.6) is 0 Å². The molecule has 0 amide bonds. The van der Waals surface area contributed by atoms with Gasteiger partial charge in [-0.3, -0.25) is 9.89 Å². The standard InChI is InChI=1S/C17H28F3N5S.HI/c1-3-14-10-23-15(26-14)5-7-22-16(21-4-2)24-9-13-6-8-25(11-13)12-17(18,19)20;/h10,13H,3-9,11-12H2,1-2H3,(H2,21,22,24);1H. The maximum atomic E-state index is 12.5. The van der Waals surface area contributed by atoms with Crippen LogP contribution in [-0.2, 0) is 12.8 Å². The second-order valence-electron chi connectivity index (χ2n) is 6.48. The van der Waals surface area contributed by atoms with E-state index in [1.54, 1.807) is 11.3 Å². The highest BCUT2D eigenvalue weighted by molar-refractivity contribution is 14.0. The Labute approximate surface area is 180 Å². The number of thiazole rings is 1. The zero-order valence-electron chi connectivity index (χ0n) is 15.8. The summed E-state index contributed by atoms with van der Waals surface area (Å²) >= 11 is 1.73. The predicted octanol–water partition coefficient (Wildman–Crippen LogP) is 3.31. The molecule has 27 heavy (non-hydrogen) atoms. The summed E-state index contributed by atoms with van der Waals surface area (Å²) in [6.45, 7) is 6.26. The first-order chi connectivity index (χ1) is 12.4. The Bertz CT molecular complexity index is 579. The van der Waals surface area contributed by atoms with E-state index in [4.69, 9.17) is 0 Å². The van der Waals surface area contributed by atoms with Crippen molar-refractivity contribution in [2.45, 2.75) is 39.3 Å². The number of aryl methyl sites for hydroxylation is 1. The van der Waals surface area contributed by atoms with E-state index in [0.717, 1.165) is 37.4 Å². The van der Waals surface area contributed by atoms with Gasteiger partial charge in [-0.1, -0.05) is 6.92 Å². The molecule has 156 valence electrons. The van der Waals surface area contributed by atoms with Gasteiger partial charge in [0.25, 0.3) is 0 Å². The van der Waals surface area contributed by atoms with Gasteiger partial charge in [0.1, 0.15) is 0 Å². The highest BCUT2D eigenvalue weighted by Crippen LogP contribution is 2.22. The molecule has 5 nitrogen and oxygen atoms in total. The molecule has 10 heteroatoms. The molecule has 0 aromatic carbocycles. The Morgan fingerprint density at radius 3 is 2.78 bits per heavy atom. The second-order valence-corrected chi connectivity index (χ2v) is 7.68. The Morgan fingerprint density at radius 1 is 1.37 bits per heavy atom. The number of nitrogens with zero attached hydrogens (tertiary/aromatic N) is 3. The van der Waals surface area contributed by atoms with Gasteiger partial charge >= 0.3 is 6.18 Å². The third-order valence-corrected chi connectivity index (χ3v) is 5.41. The molecule has 1 fully saturated rings. The summed E-state index contributed by atoms with van der Waals surface area (Å²) in [6.07, 6.45) is 0.395. The Kier molecular flexibility index (Phi) is 10.9. The topological polar surface area (TPSA) is 52.6 Å². The van der Waals surface area contributed by atoms with Crippen molar-refractivity contribution < 1.29 is 13.2 Å². The zero-order chi connectivity index (χ0) is 19.0. The van der Waals surface area contributed by atoms with Crippen LogP contribution in [0.3, 0.4) is 0 Å². The lowest BCUT2D eigenvalue weighted by molar-refractivity contribution is -0.143. The average molecular weight is 519 g/mol. The van der Waals surface area contributed by atoms with Crippen LogP contribution in [-0.4, -0.2) is 61.3 Å². The highest BCUT2D eigenvalue weighted by atomic mass is 127. The molecule has 1 atom stereocenters. The van der Waals surface area contributed by atoms with Crippen molar-refractivity contribution in [2.24, 2.45) is 10.9 Å². The Morgan fingerprint density at radius 2 is 2.15 bits per heavy atom. The summed E-state index contributed by atoms with van der Waals surface area (Å²) in [5.41, 5.74) is 0. The van der Waals surface area contributed by atoms with Gasteiger partial charge in [0.2, 0.25) is 0 Å². The van der Waals surface area contributed by atoms with E-state index >= 15 is 0 Å². The van der Waals surface area contributed by atoms with Crippen molar-refractivity contribution in [1.29, 1.82) is 0 Å². The van der Waals surface area contributed by atoms with E-state index in [9.17, 15) is 13.2 Å². The van der Waals surface area contributed by atoms with E-state index in [-0.39, 0.29) is 29.9 Å². The average Bonchev–Trinajstić information content (AvgIpc) is 3.20. The number of guanidine groups is 1. The number of aromatic nitrogens is 1. The van der Waals surface area contributed by atoms with E-state index in [1.165, 1.54) is 9.78 Å². The third kappa shape index (κ3) is 9.42. The van der Waals surface area contributed by atoms with Gasteiger partial charge in [0.15, 0.2) is 5.96 Å². The van der Waals surface area contributed by atoms with Crippen LogP contribution in [0.25, 0.3) is 0 Å². The number of likely N-dealkylation sites (tertiary alicyclic amines) is 1. The molecule has 2 N–H and O–H groups in total. The van der Waals surface area contributed by atoms with Crippen LogP contribution >= 0.6 is 35.3 Å². The highest BCUT2D eigenvalue weighted by Gasteiger charge is 2.34. The van der Waals surface area contributed by atoms with Gasteiger partial charge < -0.3 is 10.6 Å². The van der Waals surface area contributed by atoms with Crippen molar-refractivity contribution in [3.63, 3.8) is 0 Å². The van der Waals surface area contributed by atoms with E-state index in [1.807, 2.05) is 13.1 Å². The lowest BCUT2D eigenvalue weighted by Crippen LogP contribution is -2.38.